The summed E-state index contributed by atoms with van der Waals surface area (Å²) in [6.45, 7) is 7.84. The second-order valence-electron chi connectivity index (χ2n) is 8.18. The van der Waals surface area contributed by atoms with Crippen LogP contribution in [-0.2, 0) is 9.59 Å². The first kappa shape index (κ1) is 21.4. The van der Waals surface area contributed by atoms with Gasteiger partial charge >= 0.3 is 0 Å². The van der Waals surface area contributed by atoms with E-state index in [1.807, 2.05) is 88.4 Å². The minimum absolute atomic E-state index is 0.239. The van der Waals surface area contributed by atoms with Gasteiger partial charge in [0.2, 0.25) is 0 Å². The first-order valence-electron chi connectivity index (χ1n) is 10.5. The van der Waals surface area contributed by atoms with Crippen LogP contribution in [0.4, 0.5) is 11.4 Å². The van der Waals surface area contributed by atoms with E-state index in [0.717, 1.165) is 22.3 Å². The van der Waals surface area contributed by atoms with Crippen LogP contribution in [0.2, 0.25) is 0 Å². The molecule has 1 heterocycles. The maximum Gasteiger partial charge on any atom is 0.282 e. The summed E-state index contributed by atoms with van der Waals surface area (Å²) < 4.78 is 5.48. The van der Waals surface area contributed by atoms with Crippen molar-refractivity contribution in [3.8, 4) is 5.75 Å². The Bertz CT molecular complexity index is 1260. The SMILES string of the molecule is COc1ccc(C)cc1NC1=C(c2ccc(C)cc2)C(=O)N(c2ccc(C)cc2C)C1=O. The summed E-state index contributed by atoms with van der Waals surface area (Å²) in [5, 5.41) is 3.22. The van der Waals surface area contributed by atoms with Crippen molar-refractivity contribution >= 4 is 28.8 Å². The highest BCUT2D eigenvalue weighted by Crippen LogP contribution is 2.37. The number of carbonyl (C=O) groups is 2. The van der Waals surface area contributed by atoms with Crippen LogP contribution in [-0.4, -0.2) is 18.9 Å². The lowest BCUT2D eigenvalue weighted by Crippen LogP contribution is -2.33. The van der Waals surface area contributed by atoms with E-state index in [1.54, 1.807) is 7.11 Å². The standard InChI is InChI=1S/C27H26N2O3/c1-16-6-10-20(11-7-16)24-25(28-21-15-18(3)9-13-23(21)32-5)27(31)29(26(24)30)22-12-8-17(2)14-19(22)4/h6-15,28H,1-5H3. The molecule has 0 bridgehead atoms. The van der Waals surface area contributed by atoms with Crippen molar-refractivity contribution in [1.82, 2.24) is 0 Å². The highest BCUT2D eigenvalue weighted by Gasteiger charge is 2.41. The Morgan fingerprint density at radius 2 is 1.38 bits per heavy atom. The summed E-state index contributed by atoms with van der Waals surface area (Å²) in [5.41, 5.74) is 6.51. The van der Waals surface area contributed by atoms with Crippen LogP contribution in [0.15, 0.2) is 66.4 Å². The Labute approximate surface area is 188 Å². The van der Waals surface area contributed by atoms with Gasteiger partial charge in [0.25, 0.3) is 11.8 Å². The summed E-state index contributed by atoms with van der Waals surface area (Å²) in [6, 6.07) is 19.0. The topological polar surface area (TPSA) is 58.6 Å². The molecule has 0 spiro atoms. The smallest absolute Gasteiger partial charge is 0.282 e. The number of carbonyl (C=O) groups excluding carboxylic acids is 2. The van der Waals surface area contributed by atoms with Crippen molar-refractivity contribution in [2.75, 3.05) is 17.3 Å². The molecule has 0 saturated heterocycles. The average Bonchev–Trinajstić information content (AvgIpc) is 2.99. The van der Waals surface area contributed by atoms with Crippen molar-refractivity contribution in [3.63, 3.8) is 0 Å². The van der Waals surface area contributed by atoms with Crippen LogP contribution >= 0.6 is 0 Å². The van der Waals surface area contributed by atoms with Gasteiger partial charge in [-0.25, -0.2) is 4.90 Å². The molecule has 3 aromatic carbocycles. The van der Waals surface area contributed by atoms with E-state index in [4.69, 9.17) is 4.74 Å². The minimum atomic E-state index is -0.388. The Balaban J connectivity index is 1.87. The van der Waals surface area contributed by atoms with E-state index < -0.39 is 0 Å². The van der Waals surface area contributed by atoms with Crippen molar-refractivity contribution < 1.29 is 14.3 Å². The van der Waals surface area contributed by atoms with E-state index in [-0.39, 0.29) is 17.5 Å². The summed E-state index contributed by atoms with van der Waals surface area (Å²) in [6.07, 6.45) is 0. The van der Waals surface area contributed by atoms with Crippen LogP contribution in [0.25, 0.3) is 5.57 Å². The van der Waals surface area contributed by atoms with Gasteiger partial charge in [0.05, 0.1) is 24.1 Å². The molecule has 0 atom stereocenters. The van der Waals surface area contributed by atoms with Gasteiger partial charge in [-0.2, -0.15) is 0 Å². The highest BCUT2D eigenvalue weighted by molar-refractivity contribution is 6.46. The second-order valence-corrected chi connectivity index (χ2v) is 8.18. The summed E-state index contributed by atoms with van der Waals surface area (Å²) in [4.78, 5) is 28.5. The number of amides is 2. The third kappa shape index (κ3) is 3.78. The molecule has 2 amide bonds. The molecule has 0 fully saturated rings. The highest BCUT2D eigenvalue weighted by atomic mass is 16.5. The van der Waals surface area contributed by atoms with Gasteiger partial charge in [0, 0.05) is 0 Å². The first-order valence-corrected chi connectivity index (χ1v) is 10.5. The van der Waals surface area contributed by atoms with Crippen LogP contribution < -0.4 is 15.0 Å². The van der Waals surface area contributed by atoms with E-state index in [9.17, 15) is 9.59 Å². The molecule has 1 N–H and O–H groups in total. The normalized spacial score (nSPS) is 13.7. The Morgan fingerprint density at radius 1 is 0.750 bits per heavy atom. The fourth-order valence-electron chi connectivity index (χ4n) is 3.96. The Kier molecular flexibility index (Phi) is 5.57. The molecule has 0 radical (unpaired) electrons. The number of hydrogen-bond donors (Lipinski definition) is 1. The zero-order chi connectivity index (χ0) is 23.0. The molecule has 5 nitrogen and oxygen atoms in total. The van der Waals surface area contributed by atoms with E-state index in [0.29, 0.717) is 28.3 Å². The zero-order valence-corrected chi connectivity index (χ0v) is 18.9. The molecule has 1 aliphatic rings. The molecule has 3 aromatic rings. The van der Waals surface area contributed by atoms with Crippen LogP contribution in [0, 0.1) is 27.7 Å². The maximum atomic E-state index is 13.6. The number of anilines is 2. The Hall–Kier alpha value is -3.86. The number of nitrogens with one attached hydrogen (secondary N) is 1. The number of benzene rings is 3. The predicted octanol–water partition coefficient (Wildman–Crippen LogP) is 5.33. The number of hydrogen-bond acceptors (Lipinski definition) is 4. The maximum absolute atomic E-state index is 13.6. The van der Waals surface area contributed by atoms with Crippen molar-refractivity contribution in [2.24, 2.45) is 0 Å². The van der Waals surface area contributed by atoms with Gasteiger partial charge in [0.15, 0.2) is 0 Å². The zero-order valence-electron chi connectivity index (χ0n) is 18.9. The summed E-state index contributed by atoms with van der Waals surface area (Å²) in [7, 11) is 1.58. The molecule has 1 aliphatic heterocycles. The van der Waals surface area contributed by atoms with Gasteiger partial charge in [-0.15, -0.1) is 0 Å². The fraction of sp³-hybridized carbons (Fsp3) is 0.185. The molecule has 0 saturated carbocycles. The van der Waals surface area contributed by atoms with Gasteiger partial charge in [0.1, 0.15) is 11.4 Å². The molecular weight excluding hydrogens is 400 g/mol. The molecule has 0 aromatic heterocycles. The van der Waals surface area contributed by atoms with Gasteiger partial charge in [-0.05, 0) is 62.6 Å². The Morgan fingerprint density at radius 3 is 2.03 bits per heavy atom. The third-order valence-electron chi connectivity index (χ3n) is 5.63. The van der Waals surface area contributed by atoms with Crippen molar-refractivity contribution in [1.29, 1.82) is 0 Å². The molecule has 162 valence electrons. The molecule has 0 aliphatic carbocycles. The van der Waals surface area contributed by atoms with E-state index >= 15 is 0 Å². The third-order valence-corrected chi connectivity index (χ3v) is 5.63. The number of imide groups is 1. The fourth-order valence-corrected chi connectivity index (χ4v) is 3.96. The lowest BCUT2D eigenvalue weighted by Gasteiger charge is -2.18. The van der Waals surface area contributed by atoms with Crippen molar-refractivity contribution in [3.05, 3.63) is 94.2 Å². The van der Waals surface area contributed by atoms with Gasteiger partial charge in [-0.1, -0.05) is 53.6 Å². The quantitative estimate of drug-likeness (QED) is 0.561. The minimum Gasteiger partial charge on any atom is -0.495 e. The second kappa shape index (κ2) is 8.35. The van der Waals surface area contributed by atoms with Crippen molar-refractivity contribution in [2.45, 2.75) is 27.7 Å². The number of methoxy groups -OCH3 is 1. The molecule has 32 heavy (non-hydrogen) atoms. The number of aryl methyl sites for hydroxylation is 4. The van der Waals surface area contributed by atoms with Crippen LogP contribution in [0.3, 0.4) is 0 Å². The monoisotopic (exact) mass is 426 g/mol. The van der Waals surface area contributed by atoms with E-state index in [2.05, 4.69) is 5.32 Å². The number of nitrogens with zero attached hydrogens (tertiary/aromatic N) is 1. The van der Waals surface area contributed by atoms with Gasteiger partial charge < -0.3 is 10.1 Å². The molecule has 4 rings (SSSR count). The number of rotatable bonds is 5. The molecular formula is C27H26N2O3. The number of ether oxygens (including phenoxy) is 1. The predicted molar refractivity (Wildman–Crippen MR) is 128 cm³/mol. The van der Waals surface area contributed by atoms with Gasteiger partial charge in [-0.3, -0.25) is 9.59 Å². The lowest BCUT2D eigenvalue weighted by molar-refractivity contribution is -0.120. The van der Waals surface area contributed by atoms with Crippen LogP contribution in [0.1, 0.15) is 27.8 Å². The lowest BCUT2D eigenvalue weighted by atomic mass is 10.0. The molecule has 5 heteroatoms. The summed E-state index contributed by atoms with van der Waals surface area (Å²) in [5.74, 6) is -0.141. The largest absolute Gasteiger partial charge is 0.495 e. The summed E-state index contributed by atoms with van der Waals surface area (Å²) >= 11 is 0. The van der Waals surface area contributed by atoms with E-state index in [1.165, 1.54) is 4.90 Å². The molecule has 0 unspecified atom stereocenters. The van der Waals surface area contributed by atoms with Crippen LogP contribution in [0.5, 0.6) is 5.75 Å². The average molecular weight is 427 g/mol. The first-order chi connectivity index (χ1) is 15.3.